The molecule has 8 nitrogen and oxygen atoms in total. The summed E-state index contributed by atoms with van der Waals surface area (Å²) in [6, 6.07) is 6.95. The highest BCUT2D eigenvalue weighted by Gasteiger charge is 2.32. The second kappa shape index (κ2) is 9.82. The number of hydrogen-bond acceptors (Lipinski definition) is 6. The van der Waals surface area contributed by atoms with Crippen LogP contribution in [0.25, 0.3) is 5.65 Å². The number of amides is 1. The Morgan fingerprint density at radius 3 is 2.79 bits per heavy atom. The molecule has 1 aromatic carbocycles. The number of ether oxygens (including phenoxy) is 1. The monoisotopic (exact) mass is 478 g/mol. The summed E-state index contributed by atoms with van der Waals surface area (Å²) in [4.78, 5) is 23.3. The van der Waals surface area contributed by atoms with E-state index in [0.717, 1.165) is 6.20 Å². The minimum atomic E-state index is -2.68. The fraction of sp³-hybridized carbons (Fsp3) is 0.409. The highest BCUT2D eigenvalue weighted by Crippen LogP contribution is 2.27. The Labute approximate surface area is 191 Å². The topological polar surface area (TPSA) is 93.9 Å². The highest BCUT2D eigenvalue weighted by molar-refractivity contribution is 7.72. The van der Waals surface area contributed by atoms with Gasteiger partial charge in [-0.25, -0.2) is 27.2 Å². The van der Waals surface area contributed by atoms with Crippen molar-refractivity contribution in [3.05, 3.63) is 59.7 Å². The second-order valence-corrected chi connectivity index (χ2v) is 9.11. The van der Waals surface area contributed by atoms with Gasteiger partial charge in [-0.05, 0) is 37.8 Å². The Morgan fingerprint density at radius 1 is 1.24 bits per heavy atom. The van der Waals surface area contributed by atoms with E-state index in [9.17, 15) is 22.0 Å². The first-order valence-corrected chi connectivity index (χ1v) is 12.0. The van der Waals surface area contributed by atoms with Crippen LogP contribution in [0, 0.1) is 0 Å². The van der Waals surface area contributed by atoms with E-state index in [1.807, 2.05) is 6.92 Å². The third kappa shape index (κ3) is 4.97. The number of carbonyl (C=O) groups is 1. The normalized spacial score (nSPS) is 18.9. The van der Waals surface area contributed by atoms with Crippen molar-refractivity contribution in [3.63, 3.8) is 0 Å². The summed E-state index contributed by atoms with van der Waals surface area (Å²) in [7, 11) is -2.54. The molecule has 0 radical (unpaired) electrons. The molecule has 3 heterocycles. The zero-order valence-electron chi connectivity index (χ0n) is 17.9. The molecule has 1 aliphatic heterocycles. The van der Waals surface area contributed by atoms with Gasteiger partial charge in [0.2, 0.25) is 5.65 Å². The molecule has 1 aliphatic rings. The van der Waals surface area contributed by atoms with Gasteiger partial charge in [-0.3, -0.25) is 9.20 Å². The number of benzene rings is 1. The van der Waals surface area contributed by atoms with E-state index in [1.165, 1.54) is 16.8 Å². The lowest BCUT2D eigenvalue weighted by atomic mass is 9.98. The summed E-state index contributed by atoms with van der Waals surface area (Å²) >= 11 is 0. The van der Waals surface area contributed by atoms with E-state index in [2.05, 4.69) is 9.97 Å². The summed E-state index contributed by atoms with van der Waals surface area (Å²) < 4.78 is 55.7. The van der Waals surface area contributed by atoms with Crippen molar-refractivity contribution in [2.45, 2.75) is 44.8 Å². The highest BCUT2D eigenvalue weighted by atomic mass is 32.2. The van der Waals surface area contributed by atoms with E-state index in [1.54, 1.807) is 29.2 Å². The van der Waals surface area contributed by atoms with Crippen LogP contribution in [0.4, 0.5) is 8.78 Å². The Hall–Kier alpha value is -3.08. The minimum Gasteiger partial charge on any atom is -0.470 e. The second-order valence-electron chi connectivity index (χ2n) is 8.00. The SMILES string of the molecule is C[C@@H]1CC[C@@H](Oc2nccn3c(C(F)F)cnc23)CN1C(=O)c1ccccc1CC[SH](=O)=O. The third-order valence-electron chi connectivity index (χ3n) is 5.84. The van der Waals surface area contributed by atoms with Crippen LogP contribution in [0.3, 0.4) is 0 Å². The molecule has 2 atom stereocenters. The molecule has 33 heavy (non-hydrogen) atoms. The van der Waals surface area contributed by atoms with Crippen LogP contribution < -0.4 is 4.74 Å². The number of piperidine rings is 1. The fourth-order valence-corrected chi connectivity index (χ4v) is 4.51. The summed E-state index contributed by atoms with van der Waals surface area (Å²) in [5, 5.41) is 0. The van der Waals surface area contributed by atoms with Crippen molar-refractivity contribution in [3.8, 4) is 5.88 Å². The van der Waals surface area contributed by atoms with Gasteiger partial charge in [-0.1, -0.05) is 18.2 Å². The lowest BCUT2D eigenvalue weighted by Gasteiger charge is -2.38. The van der Waals surface area contributed by atoms with Gasteiger partial charge in [-0.2, -0.15) is 0 Å². The Kier molecular flexibility index (Phi) is 6.87. The first-order valence-electron chi connectivity index (χ1n) is 10.6. The summed E-state index contributed by atoms with van der Waals surface area (Å²) in [5.41, 5.74) is 1.10. The molecule has 2 aromatic heterocycles. The summed E-state index contributed by atoms with van der Waals surface area (Å²) in [6.45, 7) is 2.24. The van der Waals surface area contributed by atoms with Crippen LogP contribution in [0.5, 0.6) is 5.88 Å². The molecule has 11 heteroatoms. The number of imidazole rings is 1. The standard InChI is InChI=1S/C22H24F2N4O4S/c1-14-6-7-16(32-21-20-26-12-18(19(23)24)27(20)10-9-25-21)13-28(14)22(29)17-5-3-2-4-15(17)8-11-33(30)31/h2-5,9-10,12,14,16,19,33H,6-8,11,13H2,1H3/t14-,16-/m1/s1. The first-order chi connectivity index (χ1) is 15.8. The van der Waals surface area contributed by atoms with Crippen molar-refractivity contribution in [2.75, 3.05) is 12.3 Å². The average Bonchev–Trinajstić information content (AvgIpc) is 3.24. The minimum absolute atomic E-state index is 0.0263. The number of thiol groups is 1. The molecule has 4 rings (SSSR count). The number of fused-ring (bicyclic) bond motifs is 1. The van der Waals surface area contributed by atoms with E-state index in [-0.39, 0.29) is 54.0 Å². The molecule has 0 spiro atoms. The maximum absolute atomic E-state index is 13.4. The molecule has 176 valence electrons. The molecule has 1 amide bonds. The molecule has 0 N–H and O–H groups in total. The van der Waals surface area contributed by atoms with Gasteiger partial charge < -0.3 is 9.64 Å². The molecule has 1 fully saturated rings. The molecule has 1 saturated heterocycles. The Morgan fingerprint density at radius 2 is 2.03 bits per heavy atom. The van der Waals surface area contributed by atoms with Crippen LogP contribution in [0.1, 0.15) is 47.8 Å². The number of hydrogen-bond donors (Lipinski definition) is 1. The molecule has 0 saturated carbocycles. The van der Waals surface area contributed by atoms with Crippen molar-refractivity contribution in [2.24, 2.45) is 0 Å². The van der Waals surface area contributed by atoms with Crippen LogP contribution in [0.15, 0.2) is 42.9 Å². The maximum Gasteiger partial charge on any atom is 0.280 e. The van der Waals surface area contributed by atoms with Crippen LogP contribution in [-0.4, -0.2) is 58.0 Å². The van der Waals surface area contributed by atoms with Gasteiger partial charge >= 0.3 is 0 Å². The van der Waals surface area contributed by atoms with Crippen molar-refractivity contribution >= 4 is 22.3 Å². The van der Waals surface area contributed by atoms with Crippen LogP contribution in [-0.2, 0) is 17.1 Å². The predicted molar refractivity (Wildman–Crippen MR) is 117 cm³/mol. The van der Waals surface area contributed by atoms with E-state index in [4.69, 9.17) is 4.74 Å². The smallest absolute Gasteiger partial charge is 0.280 e. The van der Waals surface area contributed by atoms with Crippen molar-refractivity contribution < 1.29 is 26.7 Å². The fourth-order valence-electron chi connectivity index (χ4n) is 4.08. The zero-order chi connectivity index (χ0) is 23.5. The number of nitrogens with zero attached hydrogens (tertiary/aromatic N) is 4. The largest absolute Gasteiger partial charge is 0.470 e. The molecule has 0 aliphatic carbocycles. The van der Waals surface area contributed by atoms with E-state index in [0.29, 0.717) is 24.0 Å². The van der Waals surface area contributed by atoms with Gasteiger partial charge in [0.15, 0.2) is 0 Å². The van der Waals surface area contributed by atoms with Gasteiger partial charge in [0.1, 0.15) is 22.5 Å². The number of halogens is 2. The van der Waals surface area contributed by atoms with Gasteiger partial charge in [-0.15, -0.1) is 0 Å². The Balaban J connectivity index is 1.54. The number of likely N-dealkylation sites (tertiary alicyclic amines) is 1. The first kappa shape index (κ1) is 23.1. The van der Waals surface area contributed by atoms with Gasteiger partial charge in [0, 0.05) is 24.0 Å². The molecule has 3 aromatic rings. The zero-order valence-corrected chi connectivity index (χ0v) is 18.8. The van der Waals surface area contributed by atoms with Crippen molar-refractivity contribution in [1.29, 1.82) is 0 Å². The van der Waals surface area contributed by atoms with Crippen LogP contribution >= 0.6 is 0 Å². The average molecular weight is 479 g/mol. The molecular weight excluding hydrogens is 454 g/mol. The number of carbonyl (C=O) groups excluding carboxylic acids is 1. The van der Waals surface area contributed by atoms with Gasteiger partial charge in [0.25, 0.3) is 18.2 Å². The number of aromatic nitrogens is 3. The Bertz CT molecular complexity index is 1220. The van der Waals surface area contributed by atoms with E-state index >= 15 is 0 Å². The van der Waals surface area contributed by atoms with Gasteiger partial charge in [0.05, 0.1) is 18.5 Å². The van der Waals surface area contributed by atoms with Crippen molar-refractivity contribution in [1.82, 2.24) is 19.3 Å². The number of alkyl halides is 2. The quantitative estimate of drug-likeness (QED) is 0.525. The maximum atomic E-state index is 13.4. The number of rotatable bonds is 7. The summed E-state index contributed by atoms with van der Waals surface area (Å²) in [5.74, 6) is -0.0860. The summed E-state index contributed by atoms with van der Waals surface area (Å²) in [6.07, 6.45) is 2.42. The molecule has 0 bridgehead atoms. The third-order valence-corrected chi connectivity index (χ3v) is 6.43. The van der Waals surface area contributed by atoms with E-state index < -0.39 is 17.1 Å². The molecular formula is C22H24F2N4O4S. The lowest BCUT2D eigenvalue weighted by molar-refractivity contribution is 0.0374. The lowest BCUT2D eigenvalue weighted by Crippen LogP contribution is -2.49. The molecule has 0 unspecified atom stereocenters. The predicted octanol–water partition coefficient (Wildman–Crippen LogP) is 2.89. The van der Waals surface area contributed by atoms with Crippen LogP contribution in [0.2, 0.25) is 0 Å². The number of aryl methyl sites for hydroxylation is 1.